The third-order valence-electron chi connectivity index (χ3n) is 4.04. The quantitative estimate of drug-likeness (QED) is 0.544. The number of piperidine rings is 1. The topological polar surface area (TPSA) is 124 Å². The van der Waals surface area contributed by atoms with Crippen LogP contribution < -0.4 is 5.56 Å². The summed E-state index contributed by atoms with van der Waals surface area (Å²) in [6.45, 7) is 1.86. The van der Waals surface area contributed by atoms with Crippen molar-refractivity contribution in [2.45, 2.75) is 44.2 Å². The average Bonchev–Trinajstić information content (AvgIpc) is 3.22. The summed E-state index contributed by atoms with van der Waals surface area (Å²) in [6, 6.07) is 5.75. The number of aromatic amines is 1. The van der Waals surface area contributed by atoms with Gasteiger partial charge in [-0.25, -0.2) is 14.6 Å². The van der Waals surface area contributed by atoms with E-state index >= 15 is 0 Å². The molecule has 1 fully saturated rings. The fourth-order valence-corrected chi connectivity index (χ4v) is 3.47. The highest BCUT2D eigenvalue weighted by Crippen LogP contribution is 2.32. The van der Waals surface area contributed by atoms with E-state index in [0.717, 1.165) is 25.2 Å². The lowest BCUT2D eigenvalue weighted by atomic mass is 10.0. The Kier molecular flexibility index (Phi) is 10.5. The van der Waals surface area contributed by atoms with E-state index in [1.54, 1.807) is 17.4 Å². The van der Waals surface area contributed by atoms with Gasteiger partial charge in [0.1, 0.15) is 5.01 Å². The van der Waals surface area contributed by atoms with Crippen molar-refractivity contribution in [1.82, 2.24) is 14.9 Å². The van der Waals surface area contributed by atoms with Gasteiger partial charge in [-0.1, -0.05) is 12.5 Å². The van der Waals surface area contributed by atoms with E-state index in [9.17, 15) is 31.1 Å². The highest BCUT2D eigenvalue weighted by Gasteiger charge is 2.38. The van der Waals surface area contributed by atoms with Crippen molar-refractivity contribution in [3.05, 3.63) is 50.8 Å². The predicted octanol–water partition coefficient (Wildman–Crippen LogP) is 3.83. The number of alkyl halides is 6. The molecule has 3 N–H and O–H groups in total. The zero-order valence-corrected chi connectivity index (χ0v) is 17.5. The Morgan fingerprint density at radius 1 is 1.09 bits per heavy atom. The smallest absolute Gasteiger partial charge is 0.475 e. The van der Waals surface area contributed by atoms with Crippen LogP contribution in [0.4, 0.5) is 26.3 Å². The van der Waals surface area contributed by atoms with Crippen LogP contribution in [0.3, 0.4) is 0 Å². The number of nitrogens with one attached hydrogen (secondary N) is 1. The molecule has 3 rings (SSSR count). The molecule has 0 aromatic carbocycles. The number of halogens is 6. The van der Waals surface area contributed by atoms with Crippen LogP contribution in [0.15, 0.2) is 34.6 Å². The van der Waals surface area contributed by atoms with E-state index in [1.807, 2.05) is 23.7 Å². The number of rotatable bonds is 3. The lowest BCUT2D eigenvalue weighted by Crippen LogP contribution is -2.33. The second kappa shape index (κ2) is 12.3. The van der Waals surface area contributed by atoms with Gasteiger partial charge in [-0.2, -0.15) is 26.3 Å². The molecule has 0 spiro atoms. The molecule has 0 bridgehead atoms. The maximum Gasteiger partial charge on any atom is 0.490 e. The summed E-state index contributed by atoms with van der Waals surface area (Å²) in [4.78, 5) is 38.9. The Balaban J connectivity index is 0.000000324. The largest absolute Gasteiger partial charge is 0.490 e. The summed E-state index contributed by atoms with van der Waals surface area (Å²) < 4.78 is 63.5. The van der Waals surface area contributed by atoms with Crippen molar-refractivity contribution in [3.8, 4) is 0 Å². The predicted molar refractivity (Wildman–Crippen MR) is 104 cm³/mol. The van der Waals surface area contributed by atoms with Gasteiger partial charge in [-0.3, -0.25) is 9.69 Å². The first-order valence-electron chi connectivity index (χ1n) is 9.13. The van der Waals surface area contributed by atoms with Gasteiger partial charge in [-0.05, 0) is 25.5 Å². The molecule has 33 heavy (non-hydrogen) atoms. The Hall–Kier alpha value is -2.94. The number of aromatic nitrogens is 2. The highest BCUT2D eigenvalue weighted by atomic mass is 32.1. The molecule has 2 aromatic heterocycles. The molecule has 0 amide bonds. The monoisotopic (exact) mass is 503 g/mol. The number of H-pyrrole nitrogens is 1. The van der Waals surface area contributed by atoms with Crippen molar-refractivity contribution in [1.29, 1.82) is 0 Å². The number of carbonyl (C=O) groups is 2. The van der Waals surface area contributed by atoms with Crippen LogP contribution >= 0.6 is 11.3 Å². The van der Waals surface area contributed by atoms with Crippen molar-refractivity contribution in [3.63, 3.8) is 0 Å². The standard InChI is InChI=1S/C14H17N3OS.2C2HF3O2/c18-13-6-3-4-11(16-13)10-17-8-2-1-5-12(17)14-15-7-9-19-14;2*3-2(4,5)1(6)7/h3-4,6-7,9,12H,1-2,5,8,10H2,(H,16,18);2*(H,6,7). The molecule has 2 aromatic rings. The molecular formula is C18H19F6N3O5S. The normalized spacial score (nSPS) is 16.6. The first kappa shape index (κ1) is 28.1. The minimum Gasteiger partial charge on any atom is -0.475 e. The summed E-state index contributed by atoms with van der Waals surface area (Å²) in [6.07, 6.45) is -4.66. The molecule has 1 saturated heterocycles. The third-order valence-corrected chi connectivity index (χ3v) is 4.91. The Bertz CT molecular complexity index is 922. The number of carboxylic acid groups (broad SMARTS) is 2. The molecule has 1 unspecified atom stereocenters. The molecule has 8 nitrogen and oxygen atoms in total. The summed E-state index contributed by atoms with van der Waals surface area (Å²) in [5.74, 6) is -5.51. The number of hydrogen-bond acceptors (Lipinski definition) is 6. The zero-order chi connectivity index (χ0) is 25.2. The Morgan fingerprint density at radius 3 is 2.12 bits per heavy atom. The van der Waals surface area contributed by atoms with E-state index < -0.39 is 24.3 Å². The fourth-order valence-electron chi connectivity index (χ4n) is 2.66. The number of likely N-dealkylation sites (tertiary alicyclic amines) is 1. The molecule has 184 valence electrons. The molecule has 1 aliphatic rings. The van der Waals surface area contributed by atoms with Crippen LogP contribution in [0.25, 0.3) is 0 Å². The van der Waals surface area contributed by atoms with Crippen molar-refractivity contribution in [2.75, 3.05) is 6.54 Å². The van der Waals surface area contributed by atoms with Crippen LogP contribution in [0.1, 0.15) is 36.0 Å². The van der Waals surface area contributed by atoms with Gasteiger partial charge >= 0.3 is 24.3 Å². The molecular weight excluding hydrogens is 484 g/mol. The fraction of sp³-hybridized carbons (Fsp3) is 0.444. The number of aliphatic carboxylic acids is 2. The van der Waals surface area contributed by atoms with Crippen LogP contribution in [-0.2, 0) is 16.1 Å². The third kappa shape index (κ3) is 10.5. The van der Waals surface area contributed by atoms with Crippen molar-refractivity contribution >= 4 is 23.3 Å². The maximum absolute atomic E-state index is 11.4. The van der Waals surface area contributed by atoms with Crippen LogP contribution in [0, 0.1) is 0 Å². The highest BCUT2D eigenvalue weighted by molar-refractivity contribution is 7.09. The summed E-state index contributed by atoms with van der Waals surface area (Å²) in [5, 5.41) is 17.5. The van der Waals surface area contributed by atoms with Gasteiger partial charge in [0.2, 0.25) is 5.56 Å². The molecule has 1 aliphatic heterocycles. The van der Waals surface area contributed by atoms with Crippen LogP contribution in [0.2, 0.25) is 0 Å². The van der Waals surface area contributed by atoms with E-state index in [-0.39, 0.29) is 5.56 Å². The lowest BCUT2D eigenvalue weighted by molar-refractivity contribution is -0.193. The average molecular weight is 503 g/mol. The number of thiazole rings is 1. The Morgan fingerprint density at radius 2 is 1.67 bits per heavy atom. The number of nitrogens with zero attached hydrogens (tertiary/aromatic N) is 2. The lowest BCUT2D eigenvalue weighted by Gasteiger charge is -2.34. The number of hydrogen-bond donors (Lipinski definition) is 3. The second-order valence-corrected chi connectivity index (χ2v) is 7.42. The molecule has 15 heteroatoms. The number of pyridine rings is 1. The van der Waals surface area contributed by atoms with Gasteiger partial charge in [0, 0.05) is 29.9 Å². The summed E-state index contributed by atoms with van der Waals surface area (Å²) in [5.41, 5.74) is 0.955. The molecule has 0 radical (unpaired) electrons. The van der Waals surface area contributed by atoms with Gasteiger partial charge < -0.3 is 15.2 Å². The SMILES string of the molecule is O=C(O)C(F)(F)F.O=C(O)C(F)(F)F.O=c1cccc(CN2CCCCC2c2nccs2)[nH]1. The molecule has 0 saturated carbocycles. The summed E-state index contributed by atoms with van der Waals surface area (Å²) in [7, 11) is 0. The van der Waals surface area contributed by atoms with Crippen LogP contribution in [-0.4, -0.2) is 55.9 Å². The second-order valence-electron chi connectivity index (χ2n) is 6.50. The van der Waals surface area contributed by atoms with Gasteiger partial charge in [-0.15, -0.1) is 11.3 Å². The first-order valence-corrected chi connectivity index (χ1v) is 10.0. The van der Waals surface area contributed by atoms with Crippen LogP contribution in [0.5, 0.6) is 0 Å². The van der Waals surface area contributed by atoms with E-state index in [1.165, 1.54) is 17.8 Å². The minimum absolute atomic E-state index is 0.0275. The maximum atomic E-state index is 11.4. The zero-order valence-electron chi connectivity index (χ0n) is 16.7. The van der Waals surface area contributed by atoms with Crippen molar-refractivity contribution < 1.29 is 46.1 Å². The van der Waals surface area contributed by atoms with Gasteiger partial charge in [0.15, 0.2) is 0 Å². The van der Waals surface area contributed by atoms with Gasteiger partial charge in [0.25, 0.3) is 0 Å². The number of carboxylic acids is 2. The summed E-state index contributed by atoms with van der Waals surface area (Å²) >= 11 is 1.72. The Labute approximate surface area is 186 Å². The van der Waals surface area contributed by atoms with Crippen molar-refractivity contribution in [2.24, 2.45) is 0 Å². The molecule has 1 atom stereocenters. The van der Waals surface area contributed by atoms with Gasteiger partial charge in [0.05, 0.1) is 6.04 Å². The van der Waals surface area contributed by atoms with E-state index in [0.29, 0.717) is 6.04 Å². The first-order chi connectivity index (χ1) is 15.2. The van der Waals surface area contributed by atoms with E-state index in [4.69, 9.17) is 19.8 Å². The molecule has 0 aliphatic carbocycles. The molecule has 3 heterocycles. The van der Waals surface area contributed by atoms with E-state index in [2.05, 4.69) is 14.9 Å². The minimum atomic E-state index is -5.08.